The van der Waals surface area contributed by atoms with Crippen LogP contribution in [-0.2, 0) is 0 Å². The number of ether oxygens (including phenoxy) is 3. The number of carbonyl (C=O) groups excluding carboxylic acids is 1. The first kappa shape index (κ1) is 19.1. The van der Waals surface area contributed by atoms with Crippen LogP contribution in [0.1, 0.15) is 29.3 Å². The van der Waals surface area contributed by atoms with Gasteiger partial charge in [-0.3, -0.25) is 4.79 Å². The third kappa shape index (κ3) is 4.89. The van der Waals surface area contributed by atoms with Crippen LogP contribution in [0, 0.1) is 0 Å². The topological polar surface area (TPSA) is 95.2 Å². The van der Waals surface area contributed by atoms with Crippen LogP contribution in [0.4, 0.5) is 5.69 Å². The number of rotatable bonds is 8. The summed E-state index contributed by atoms with van der Waals surface area (Å²) in [5, 5.41) is 3.97. The van der Waals surface area contributed by atoms with E-state index in [4.69, 9.17) is 19.9 Å². The molecule has 0 spiro atoms. The lowest BCUT2D eigenvalue weighted by Crippen LogP contribution is -2.17. The van der Waals surface area contributed by atoms with Gasteiger partial charge in [0.1, 0.15) is 0 Å². The van der Waals surface area contributed by atoms with Crippen molar-refractivity contribution in [3.63, 3.8) is 0 Å². The first-order valence-corrected chi connectivity index (χ1v) is 8.16. The lowest BCUT2D eigenvalue weighted by atomic mass is 10.2. The fraction of sp³-hybridized carbons (Fsp3) is 0.263. The summed E-state index contributed by atoms with van der Waals surface area (Å²) in [7, 11) is 3.10. The number of methoxy groups -OCH3 is 2. The minimum Gasteiger partial charge on any atom is -0.493 e. The second kappa shape index (κ2) is 9.31. The van der Waals surface area contributed by atoms with Crippen molar-refractivity contribution in [3.05, 3.63) is 47.5 Å². The average molecular weight is 357 g/mol. The Morgan fingerprint density at radius 1 is 1.19 bits per heavy atom. The summed E-state index contributed by atoms with van der Waals surface area (Å²) in [5.41, 5.74) is 9.77. The molecule has 0 unspecified atom stereocenters. The number of nitrogens with two attached hydrogens (primary N) is 1. The third-order valence-corrected chi connectivity index (χ3v) is 3.46. The van der Waals surface area contributed by atoms with E-state index in [9.17, 15) is 4.79 Å². The van der Waals surface area contributed by atoms with E-state index < -0.39 is 0 Å². The Labute approximate surface area is 152 Å². The molecule has 1 amide bonds. The zero-order chi connectivity index (χ0) is 18.9. The highest BCUT2D eigenvalue weighted by Crippen LogP contribution is 2.38. The van der Waals surface area contributed by atoms with E-state index in [2.05, 4.69) is 10.5 Å². The normalized spacial score (nSPS) is 10.6. The first-order chi connectivity index (χ1) is 12.6. The molecular weight excluding hydrogens is 334 g/mol. The van der Waals surface area contributed by atoms with Gasteiger partial charge in [0.05, 0.1) is 27.0 Å². The predicted octanol–water partition coefficient (Wildman–Crippen LogP) is 2.84. The molecule has 26 heavy (non-hydrogen) atoms. The van der Waals surface area contributed by atoms with Gasteiger partial charge in [-0.25, -0.2) is 5.43 Å². The van der Waals surface area contributed by atoms with Crippen LogP contribution < -0.4 is 25.4 Å². The molecular formula is C19H23N3O4. The zero-order valence-corrected chi connectivity index (χ0v) is 15.1. The standard InChI is InChI=1S/C19H23N3O4/c1-4-8-26-18-16(24-2)9-13(10-17(18)25-3)12-21-22-19(23)14-6-5-7-15(20)11-14/h5-7,9-12H,4,8,20H2,1-3H3,(H,22,23)/b21-12-. The molecule has 0 fully saturated rings. The summed E-state index contributed by atoms with van der Waals surface area (Å²) in [6, 6.07) is 10.2. The van der Waals surface area contributed by atoms with E-state index in [1.165, 1.54) is 6.21 Å². The number of benzene rings is 2. The van der Waals surface area contributed by atoms with E-state index in [1.807, 2.05) is 6.92 Å². The van der Waals surface area contributed by atoms with Crippen molar-refractivity contribution in [1.82, 2.24) is 5.43 Å². The number of hydrogen-bond acceptors (Lipinski definition) is 6. The maximum Gasteiger partial charge on any atom is 0.271 e. The molecule has 0 saturated carbocycles. The monoisotopic (exact) mass is 357 g/mol. The molecule has 3 N–H and O–H groups in total. The highest BCUT2D eigenvalue weighted by molar-refractivity contribution is 5.95. The lowest BCUT2D eigenvalue weighted by Gasteiger charge is -2.14. The molecule has 0 radical (unpaired) electrons. The van der Waals surface area contributed by atoms with Crippen LogP contribution in [0.15, 0.2) is 41.5 Å². The minimum atomic E-state index is -0.352. The Balaban J connectivity index is 2.15. The molecule has 7 heteroatoms. The molecule has 0 saturated heterocycles. The largest absolute Gasteiger partial charge is 0.493 e. The SMILES string of the molecule is CCCOc1c(OC)cc(/C=N\NC(=O)c2cccc(N)c2)cc1OC. The van der Waals surface area contributed by atoms with Gasteiger partial charge in [0.15, 0.2) is 11.5 Å². The molecule has 7 nitrogen and oxygen atoms in total. The molecule has 0 heterocycles. The van der Waals surface area contributed by atoms with E-state index in [-0.39, 0.29) is 5.91 Å². The highest BCUT2D eigenvalue weighted by Gasteiger charge is 2.13. The van der Waals surface area contributed by atoms with Crippen LogP contribution in [0.25, 0.3) is 0 Å². The molecule has 0 aliphatic rings. The van der Waals surface area contributed by atoms with E-state index >= 15 is 0 Å². The molecule has 0 bridgehead atoms. The van der Waals surface area contributed by atoms with Crippen molar-refractivity contribution in [2.45, 2.75) is 13.3 Å². The number of hydrazone groups is 1. The lowest BCUT2D eigenvalue weighted by molar-refractivity contribution is 0.0955. The highest BCUT2D eigenvalue weighted by atomic mass is 16.5. The maximum atomic E-state index is 12.1. The van der Waals surface area contributed by atoms with E-state index in [0.717, 1.165) is 6.42 Å². The molecule has 0 atom stereocenters. The van der Waals surface area contributed by atoms with Crippen LogP contribution in [-0.4, -0.2) is 32.9 Å². The van der Waals surface area contributed by atoms with Gasteiger partial charge >= 0.3 is 0 Å². The number of amides is 1. The summed E-state index contributed by atoms with van der Waals surface area (Å²) < 4.78 is 16.4. The van der Waals surface area contributed by atoms with Crippen molar-refractivity contribution in [2.75, 3.05) is 26.6 Å². The summed E-state index contributed by atoms with van der Waals surface area (Å²) >= 11 is 0. The number of nitrogens with zero attached hydrogens (tertiary/aromatic N) is 1. The number of anilines is 1. The van der Waals surface area contributed by atoms with E-state index in [0.29, 0.717) is 40.7 Å². The zero-order valence-electron chi connectivity index (χ0n) is 15.1. The number of nitrogen functional groups attached to an aromatic ring is 1. The Hall–Kier alpha value is -3.22. The molecule has 138 valence electrons. The Morgan fingerprint density at radius 2 is 1.88 bits per heavy atom. The smallest absolute Gasteiger partial charge is 0.271 e. The summed E-state index contributed by atoms with van der Waals surface area (Å²) in [5.74, 6) is 1.25. The first-order valence-electron chi connectivity index (χ1n) is 8.16. The van der Waals surface area contributed by atoms with Crippen molar-refractivity contribution in [1.29, 1.82) is 0 Å². The fourth-order valence-corrected chi connectivity index (χ4v) is 2.23. The van der Waals surface area contributed by atoms with E-state index in [1.54, 1.807) is 50.6 Å². The molecule has 0 aromatic heterocycles. The number of hydrogen-bond donors (Lipinski definition) is 2. The van der Waals surface area contributed by atoms with Crippen LogP contribution in [0.3, 0.4) is 0 Å². The fourth-order valence-electron chi connectivity index (χ4n) is 2.23. The third-order valence-electron chi connectivity index (χ3n) is 3.46. The summed E-state index contributed by atoms with van der Waals surface area (Å²) in [6.45, 7) is 2.57. The van der Waals surface area contributed by atoms with Gasteiger partial charge in [-0.05, 0) is 36.8 Å². The summed E-state index contributed by atoms with van der Waals surface area (Å²) in [4.78, 5) is 12.1. The quantitative estimate of drug-likeness (QED) is 0.430. The Bertz CT molecular complexity index is 765. The number of carbonyl (C=O) groups is 1. The van der Waals surface area contributed by atoms with Crippen molar-refractivity contribution >= 4 is 17.8 Å². The van der Waals surface area contributed by atoms with Crippen LogP contribution >= 0.6 is 0 Å². The molecule has 2 rings (SSSR count). The molecule has 2 aromatic rings. The van der Waals surface area contributed by atoms with Gasteiger partial charge in [0, 0.05) is 16.8 Å². The van der Waals surface area contributed by atoms with Crippen LogP contribution in [0.2, 0.25) is 0 Å². The Morgan fingerprint density at radius 3 is 2.46 bits per heavy atom. The van der Waals surface area contributed by atoms with Crippen molar-refractivity contribution < 1.29 is 19.0 Å². The molecule has 0 aliphatic carbocycles. The molecule has 2 aromatic carbocycles. The van der Waals surface area contributed by atoms with Gasteiger partial charge in [-0.2, -0.15) is 5.10 Å². The summed E-state index contributed by atoms with van der Waals surface area (Å²) in [6.07, 6.45) is 2.37. The molecule has 0 aliphatic heterocycles. The van der Waals surface area contributed by atoms with Gasteiger partial charge in [0.25, 0.3) is 5.91 Å². The number of nitrogens with one attached hydrogen (secondary N) is 1. The van der Waals surface area contributed by atoms with Crippen LogP contribution in [0.5, 0.6) is 17.2 Å². The van der Waals surface area contributed by atoms with Crippen molar-refractivity contribution in [3.8, 4) is 17.2 Å². The van der Waals surface area contributed by atoms with Gasteiger partial charge < -0.3 is 19.9 Å². The van der Waals surface area contributed by atoms with Gasteiger partial charge in [0.2, 0.25) is 5.75 Å². The second-order valence-electron chi connectivity index (χ2n) is 5.43. The second-order valence-corrected chi connectivity index (χ2v) is 5.43. The van der Waals surface area contributed by atoms with Gasteiger partial charge in [-0.15, -0.1) is 0 Å². The minimum absolute atomic E-state index is 0.352. The average Bonchev–Trinajstić information content (AvgIpc) is 2.66. The predicted molar refractivity (Wildman–Crippen MR) is 101 cm³/mol. The van der Waals surface area contributed by atoms with Gasteiger partial charge in [-0.1, -0.05) is 13.0 Å². The van der Waals surface area contributed by atoms with Crippen molar-refractivity contribution in [2.24, 2.45) is 5.10 Å². The Kier molecular flexibility index (Phi) is 6.84. The maximum absolute atomic E-state index is 12.1.